The predicted molar refractivity (Wildman–Crippen MR) is 64.5 cm³/mol. The van der Waals surface area contributed by atoms with E-state index in [1.165, 1.54) is 19.2 Å². The van der Waals surface area contributed by atoms with Gasteiger partial charge in [0.2, 0.25) is 5.91 Å². The largest absolute Gasteiger partial charge is 0.418 e. The van der Waals surface area contributed by atoms with E-state index < -0.39 is 17.6 Å². The lowest BCUT2D eigenvalue weighted by molar-refractivity contribution is -0.137. The van der Waals surface area contributed by atoms with Gasteiger partial charge in [-0.15, -0.1) is 0 Å². The molecule has 1 rings (SSSR count). The van der Waals surface area contributed by atoms with Gasteiger partial charge in [-0.2, -0.15) is 13.2 Å². The highest BCUT2D eigenvalue weighted by Gasteiger charge is 2.34. The van der Waals surface area contributed by atoms with E-state index in [-0.39, 0.29) is 25.3 Å². The summed E-state index contributed by atoms with van der Waals surface area (Å²) in [5, 5.41) is 2.22. The molecule has 0 aromatic heterocycles. The van der Waals surface area contributed by atoms with Gasteiger partial charge in [0.05, 0.1) is 24.3 Å². The lowest BCUT2D eigenvalue weighted by atomic mass is 10.1. The molecule has 0 aliphatic carbocycles. The number of alkyl halides is 3. The summed E-state index contributed by atoms with van der Waals surface area (Å²) in [6.07, 6.45) is -4.55. The van der Waals surface area contributed by atoms with Gasteiger partial charge in [-0.3, -0.25) is 4.79 Å². The van der Waals surface area contributed by atoms with Crippen LogP contribution in [0.2, 0.25) is 0 Å². The topological polar surface area (TPSA) is 64.3 Å². The molecule has 0 atom stereocenters. The summed E-state index contributed by atoms with van der Waals surface area (Å²) in [6, 6.07) is 3.59. The van der Waals surface area contributed by atoms with Crippen LogP contribution >= 0.6 is 0 Å². The summed E-state index contributed by atoms with van der Waals surface area (Å²) in [5.41, 5.74) is 4.48. The summed E-state index contributed by atoms with van der Waals surface area (Å²) < 4.78 is 43.2. The van der Waals surface area contributed by atoms with Crippen LogP contribution in [0.4, 0.5) is 18.9 Å². The van der Waals surface area contributed by atoms with Gasteiger partial charge < -0.3 is 15.8 Å². The minimum Gasteiger partial charge on any atom is -0.384 e. The zero-order valence-electron chi connectivity index (χ0n) is 10.4. The zero-order chi connectivity index (χ0) is 14.5. The van der Waals surface area contributed by atoms with Crippen molar-refractivity contribution < 1.29 is 22.7 Å². The van der Waals surface area contributed by atoms with E-state index in [0.717, 1.165) is 6.07 Å². The van der Waals surface area contributed by atoms with E-state index in [1.54, 1.807) is 0 Å². The second-order valence-corrected chi connectivity index (χ2v) is 3.87. The van der Waals surface area contributed by atoms with Gasteiger partial charge in [0, 0.05) is 13.7 Å². The first kappa shape index (κ1) is 15.5. The Morgan fingerprint density at radius 3 is 2.63 bits per heavy atom. The Balaban J connectivity index is 2.96. The number of halogens is 3. The average Bonchev–Trinajstić information content (AvgIpc) is 2.35. The molecular weight excluding hydrogens is 261 g/mol. The molecule has 1 aromatic rings. The third-order valence-corrected chi connectivity index (χ3v) is 2.43. The Labute approximate surface area is 108 Å². The van der Waals surface area contributed by atoms with Crippen LogP contribution in [-0.4, -0.2) is 19.6 Å². The molecule has 7 heteroatoms. The Morgan fingerprint density at radius 1 is 1.42 bits per heavy atom. The highest BCUT2D eigenvalue weighted by Crippen LogP contribution is 2.35. The molecule has 0 aliphatic heterocycles. The maximum atomic E-state index is 12.9. The SMILES string of the molecule is COCCC(=O)Nc1ccc(CN)cc1C(F)(F)F. The van der Waals surface area contributed by atoms with E-state index in [2.05, 4.69) is 10.1 Å². The van der Waals surface area contributed by atoms with Crippen molar-refractivity contribution in [3.8, 4) is 0 Å². The number of benzene rings is 1. The van der Waals surface area contributed by atoms with Crippen molar-refractivity contribution in [3.63, 3.8) is 0 Å². The van der Waals surface area contributed by atoms with Gasteiger partial charge in [-0.05, 0) is 17.7 Å². The van der Waals surface area contributed by atoms with Crippen LogP contribution in [0.5, 0.6) is 0 Å². The number of hydrogen-bond donors (Lipinski definition) is 2. The van der Waals surface area contributed by atoms with Crippen molar-refractivity contribution in [1.82, 2.24) is 0 Å². The molecule has 0 bridgehead atoms. The first-order valence-electron chi connectivity index (χ1n) is 5.57. The molecule has 0 heterocycles. The number of methoxy groups -OCH3 is 1. The molecule has 0 radical (unpaired) electrons. The van der Waals surface area contributed by atoms with Crippen LogP contribution in [0, 0.1) is 0 Å². The second-order valence-electron chi connectivity index (χ2n) is 3.87. The number of rotatable bonds is 5. The monoisotopic (exact) mass is 276 g/mol. The first-order valence-corrected chi connectivity index (χ1v) is 5.57. The van der Waals surface area contributed by atoms with Crippen LogP contribution in [-0.2, 0) is 22.3 Å². The maximum absolute atomic E-state index is 12.9. The standard InChI is InChI=1S/C12H15F3N2O2/c1-19-5-4-11(18)17-10-3-2-8(7-16)6-9(10)12(13,14)15/h2-3,6H,4-5,7,16H2,1H3,(H,17,18). The molecule has 19 heavy (non-hydrogen) atoms. The molecule has 0 saturated heterocycles. The fourth-order valence-corrected chi connectivity index (χ4v) is 1.47. The molecule has 1 amide bonds. The first-order chi connectivity index (χ1) is 8.88. The minimum atomic E-state index is -4.55. The molecule has 3 N–H and O–H groups in total. The van der Waals surface area contributed by atoms with E-state index in [4.69, 9.17) is 5.73 Å². The predicted octanol–water partition coefficient (Wildman–Crippen LogP) is 2.14. The van der Waals surface area contributed by atoms with Crippen molar-refractivity contribution in [2.75, 3.05) is 19.0 Å². The average molecular weight is 276 g/mol. The number of carbonyl (C=O) groups excluding carboxylic acids is 1. The van der Waals surface area contributed by atoms with E-state index >= 15 is 0 Å². The van der Waals surface area contributed by atoms with Gasteiger partial charge >= 0.3 is 6.18 Å². The summed E-state index contributed by atoms with van der Waals surface area (Å²) in [6.45, 7) is 0.148. The number of amides is 1. The van der Waals surface area contributed by atoms with E-state index in [1.807, 2.05) is 0 Å². The number of anilines is 1. The number of carbonyl (C=O) groups is 1. The Hall–Kier alpha value is -1.60. The molecule has 4 nitrogen and oxygen atoms in total. The highest BCUT2D eigenvalue weighted by atomic mass is 19.4. The third-order valence-electron chi connectivity index (χ3n) is 2.43. The fraction of sp³-hybridized carbons (Fsp3) is 0.417. The van der Waals surface area contributed by atoms with E-state index in [0.29, 0.717) is 5.56 Å². The van der Waals surface area contributed by atoms with E-state index in [9.17, 15) is 18.0 Å². The third kappa shape index (κ3) is 4.53. The van der Waals surface area contributed by atoms with Crippen LogP contribution < -0.4 is 11.1 Å². The molecule has 0 unspecified atom stereocenters. The molecule has 0 fully saturated rings. The van der Waals surface area contributed by atoms with Crippen molar-refractivity contribution in [2.45, 2.75) is 19.1 Å². The van der Waals surface area contributed by atoms with Crippen molar-refractivity contribution >= 4 is 11.6 Å². The van der Waals surface area contributed by atoms with Crippen molar-refractivity contribution in [2.24, 2.45) is 5.73 Å². The van der Waals surface area contributed by atoms with Crippen LogP contribution in [0.1, 0.15) is 17.5 Å². The summed E-state index contributed by atoms with van der Waals surface area (Å²) in [5.74, 6) is -0.534. The van der Waals surface area contributed by atoms with Crippen molar-refractivity contribution in [1.29, 1.82) is 0 Å². The second kappa shape index (κ2) is 6.53. The quantitative estimate of drug-likeness (QED) is 0.866. The number of nitrogens with two attached hydrogens (primary N) is 1. The van der Waals surface area contributed by atoms with Crippen LogP contribution in [0.15, 0.2) is 18.2 Å². The van der Waals surface area contributed by atoms with Crippen molar-refractivity contribution in [3.05, 3.63) is 29.3 Å². The van der Waals surface area contributed by atoms with Gasteiger partial charge in [-0.1, -0.05) is 6.07 Å². The highest BCUT2D eigenvalue weighted by molar-refractivity contribution is 5.91. The summed E-state index contributed by atoms with van der Waals surface area (Å²) in [7, 11) is 1.41. The molecule has 106 valence electrons. The zero-order valence-corrected chi connectivity index (χ0v) is 10.4. The van der Waals surface area contributed by atoms with Gasteiger partial charge in [-0.25, -0.2) is 0 Å². The summed E-state index contributed by atoms with van der Waals surface area (Å²) in [4.78, 5) is 11.4. The Kier molecular flexibility index (Phi) is 5.31. The molecule has 0 spiro atoms. The number of nitrogens with one attached hydrogen (secondary N) is 1. The van der Waals surface area contributed by atoms with Gasteiger partial charge in [0.15, 0.2) is 0 Å². The van der Waals surface area contributed by atoms with Gasteiger partial charge in [0.25, 0.3) is 0 Å². The van der Waals surface area contributed by atoms with Crippen LogP contribution in [0.3, 0.4) is 0 Å². The molecule has 0 aliphatic rings. The van der Waals surface area contributed by atoms with Crippen LogP contribution in [0.25, 0.3) is 0 Å². The molecule has 1 aromatic carbocycles. The summed E-state index contributed by atoms with van der Waals surface area (Å²) >= 11 is 0. The maximum Gasteiger partial charge on any atom is 0.418 e. The smallest absolute Gasteiger partial charge is 0.384 e. The molecule has 0 saturated carbocycles. The Morgan fingerprint density at radius 2 is 2.11 bits per heavy atom. The normalized spacial score (nSPS) is 11.4. The minimum absolute atomic E-state index is 0.000973. The molecular formula is C12H15F3N2O2. The Bertz CT molecular complexity index is 447. The fourth-order valence-electron chi connectivity index (χ4n) is 1.47. The number of hydrogen-bond acceptors (Lipinski definition) is 3. The lowest BCUT2D eigenvalue weighted by Gasteiger charge is -2.15. The lowest BCUT2D eigenvalue weighted by Crippen LogP contribution is -2.18. The van der Waals surface area contributed by atoms with Gasteiger partial charge in [0.1, 0.15) is 0 Å². The number of ether oxygens (including phenoxy) is 1.